The molecule has 2 aromatic carbocycles. The number of amides is 4. The zero-order chi connectivity index (χ0) is 43.0. The zero-order valence-electron chi connectivity index (χ0n) is 35.2. The van der Waals surface area contributed by atoms with Gasteiger partial charge in [0.1, 0.15) is 35.1 Å². The van der Waals surface area contributed by atoms with Crippen molar-refractivity contribution >= 4 is 50.3 Å². The molecule has 16 heteroatoms. The van der Waals surface area contributed by atoms with Crippen LogP contribution in [-0.2, 0) is 29.1 Å². The highest BCUT2D eigenvalue weighted by molar-refractivity contribution is 7.91. The molecule has 3 heterocycles. The second kappa shape index (κ2) is 16.9. The van der Waals surface area contributed by atoms with Crippen LogP contribution < -0.4 is 29.7 Å². The van der Waals surface area contributed by atoms with Crippen LogP contribution in [0.5, 0.6) is 11.6 Å². The molecule has 2 aliphatic heterocycles. The summed E-state index contributed by atoms with van der Waals surface area (Å²) in [4.78, 5) is 64.7. The molecule has 1 saturated heterocycles. The molecular weight excluding hydrogens is 789 g/mol. The van der Waals surface area contributed by atoms with Crippen molar-refractivity contribution in [2.75, 3.05) is 32.6 Å². The Balaban J connectivity index is 1.24. The van der Waals surface area contributed by atoms with Gasteiger partial charge in [-0.05, 0) is 113 Å². The summed E-state index contributed by atoms with van der Waals surface area (Å²) in [7, 11) is 1.60. The van der Waals surface area contributed by atoms with E-state index in [1.165, 1.54) is 4.90 Å². The van der Waals surface area contributed by atoms with Crippen molar-refractivity contribution in [3.63, 3.8) is 0 Å². The summed E-state index contributed by atoms with van der Waals surface area (Å²) in [5.41, 5.74) is 0.0881. The minimum atomic E-state index is -3.91. The number of allylic oxidation sites excluding steroid dienone is 1. The Bertz CT molecular complexity index is 2270. The van der Waals surface area contributed by atoms with Crippen molar-refractivity contribution in [3.05, 3.63) is 60.7 Å². The molecule has 7 rings (SSSR count). The molecule has 3 N–H and O–H groups in total. The van der Waals surface area contributed by atoms with Crippen LogP contribution in [0.1, 0.15) is 78.6 Å². The lowest BCUT2D eigenvalue weighted by Crippen LogP contribution is -2.58. The van der Waals surface area contributed by atoms with Crippen LogP contribution in [-0.4, -0.2) is 104 Å². The van der Waals surface area contributed by atoms with Crippen molar-refractivity contribution in [1.82, 2.24) is 25.2 Å². The van der Waals surface area contributed by atoms with Crippen molar-refractivity contribution in [1.29, 1.82) is 0 Å². The van der Waals surface area contributed by atoms with Gasteiger partial charge in [-0.3, -0.25) is 19.1 Å². The van der Waals surface area contributed by atoms with Gasteiger partial charge in [0.25, 0.3) is 5.91 Å². The van der Waals surface area contributed by atoms with Crippen LogP contribution in [0.25, 0.3) is 22.0 Å². The molecule has 2 saturated carbocycles. The number of methoxy groups -OCH3 is 1. The van der Waals surface area contributed by atoms with E-state index in [1.54, 1.807) is 27.9 Å². The molecule has 0 spiro atoms. The Morgan fingerprint density at radius 3 is 2.43 bits per heavy atom. The van der Waals surface area contributed by atoms with Gasteiger partial charge in [0.2, 0.25) is 27.7 Å². The first-order valence-corrected chi connectivity index (χ1v) is 22.3. The number of hydrogen-bond donors (Lipinski definition) is 3. The fourth-order valence-corrected chi connectivity index (χ4v) is 9.31. The number of nitrogens with zero attached hydrogens (tertiary/aromatic N) is 3. The van der Waals surface area contributed by atoms with Gasteiger partial charge in [-0.15, -0.1) is 0 Å². The molecule has 0 unspecified atom stereocenters. The van der Waals surface area contributed by atoms with E-state index in [0.29, 0.717) is 49.4 Å². The van der Waals surface area contributed by atoms with E-state index in [4.69, 9.17) is 19.2 Å². The van der Waals surface area contributed by atoms with Gasteiger partial charge in [-0.25, -0.2) is 18.2 Å². The van der Waals surface area contributed by atoms with E-state index in [-0.39, 0.29) is 19.4 Å². The number of hydrogen-bond acceptors (Lipinski definition) is 11. The maximum absolute atomic E-state index is 14.7. The second-order valence-electron chi connectivity index (χ2n) is 17.5. The van der Waals surface area contributed by atoms with E-state index in [0.717, 1.165) is 34.9 Å². The molecule has 2 aliphatic carbocycles. The topological polar surface area (TPSA) is 186 Å². The molecule has 322 valence electrons. The van der Waals surface area contributed by atoms with E-state index in [2.05, 4.69) is 15.4 Å². The highest BCUT2D eigenvalue weighted by atomic mass is 32.2. The maximum Gasteiger partial charge on any atom is 0.408 e. The third-order valence-corrected chi connectivity index (χ3v) is 13.3. The van der Waals surface area contributed by atoms with Crippen LogP contribution in [0.15, 0.2) is 60.7 Å². The number of ether oxygens (including phenoxy) is 3. The van der Waals surface area contributed by atoms with E-state index >= 15 is 0 Å². The summed E-state index contributed by atoms with van der Waals surface area (Å²) in [6.45, 7) is 5.17. The molecule has 4 aliphatic rings. The Hall–Kier alpha value is -5.38. The largest absolute Gasteiger partial charge is 0.497 e. The molecule has 1 aromatic heterocycles. The molecule has 5 atom stereocenters. The quantitative estimate of drug-likeness (QED) is 0.240. The Kier molecular flexibility index (Phi) is 12.1. The lowest BCUT2D eigenvalue weighted by molar-refractivity contribution is -0.141. The molecular formula is C44H56N6O9S. The number of nitrogens with one attached hydrogen (secondary N) is 3. The fraction of sp³-hybridized carbons (Fsp3) is 0.523. The summed E-state index contributed by atoms with van der Waals surface area (Å²) in [6.07, 6.45) is 6.63. The minimum absolute atomic E-state index is 0.0288. The highest BCUT2D eigenvalue weighted by Crippen LogP contribution is 2.46. The first-order chi connectivity index (χ1) is 28.5. The average molecular weight is 845 g/mol. The van der Waals surface area contributed by atoms with Crippen LogP contribution in [0.2, 0.25) is 0 Å². The van der Waals surface area contributed by atoms with Gasteiger partial charge in [0.15, 0.2) is 0 Å². The van der Waals surface area contributed by atoms with Crippen molar-refractivity contribution in [2.24, 2.45) is 5.92 Å². The predicted octanol–water partition coefficient (Wildman–Crippen LogP) is 5.22. The number of rotatable bonds is 9. The third kappa shape index (κ3) is 9.64. The zero-order valence-corrected chi connectivity index (χ0v) is 36.0. The molecule has 3 aromatic rings. The van der Waals surface area contributed by atoms with Gasteiger partial charge in [0, 0.05) is 43.1 Å². The highest BCUT2D eigenvalue weighted by Gasteiger charge is 2.62. The Morgan fingerprint density at radius 1 is 1.00 bits per heavy atom. The van der Waals surface area contributed by atoms with Crippen LogP contribution >= 0.6 is 0 Å². The summed E-state index contributed by atoms with van der Waals surface area (Å²) >= 11 is 0. The molecule has 4 amide bonds. The minimum Gasteiger partial charge on any atom is -0.497 e. The predicted molar refractivity (Wildman–Crippen MR) is 227 cm³/mol. The van der Waals surface area contributed by atoms with Crippen molar-refractivity contribution in [2.45, 2.75) is 113 Å². The molecule has 0 radical (unpaired) electrons. The number of carbonyl (C=O) groups excluding carboxylic acids is 4. The average Bonchev–Trinajstić information content (AvgIpc) is 4.12. The summed E-state index contributed by atoms with van der Waals surface area (Å²) in [5.74, 6) is -1.36. The van der Waals surface area contributed by atoms with Gasteiger partial charge in [0.05, 0.1) is 24.6 Å². The van der Waals surface area contributed by atoms with E-state index < -0.39 is 74.3 Å². The van der Waals surface area contributed by atoms with Gasteiger partial charge in [-0.1, -0.05) is 25.0 Å². The smallest absolute Gasteiger partial charge is 0.408 e. The SMILES string of the molecule is COc1ccc(-c2cc3cc(N(C)C)ccc3c(O[C@@H]3C[C@H]4C(=O)N[C@]5(C(=O)NS(=O)(=O)C6CC6)C[C@H]5/C=C\CCCCC[C@H](NC(=O)OC(C)(C)C)C(=O)N4C3)n2)cc1. The lowest BCUT2D eigenvalue weighted by atomic mass is 10.0. The molecule has 0 bridgehead atoms. The first kappa shape index (κ1) is 42.7. The monoisotopic (exact) mass is 844 g/mol. The molecule has 60 heavy (non-hydrogen) atoms. The number of pyridine rings is 1. The molecule has 3 fully saturated rings. The fourth-order valence-electron chi connectivity index (χ4n) is 7.95. The number of anilines is 1. The number of sulfonamides is 1. The van der Waals surface area contributed by atoms with Crippen molar-refractivity contribution < 1.29 is 41.8 Å². The maximum atomic E-state index is 14.7. The van der Waals surface area contributed by atoms with E-state index in [9.17, 15) is 27.6 Å². The van der Waals surface area contributed by atoms with Gasteiger partial charge < -0.3 is 34.6 Å². The Morgan fingerprint density at radius 2 is 1.75 bits per heavy atom. The Labute approximate surface area is 351 Å². The number of aromatic nitrogens is 1. The van der Waals surface area contributed by atoms with Crippen LogP contribution in [0.4, 0.5) is 10.5 Å². The van der Waals surface area contributed by atoms with Crippen LogP contribution in [0.3, 0.4) is 0 Å². The number of carbonyl (C=O) groups is 4. The standard InChI is InChI=1S/C44H56N6O9S/c1-43(2,3)59-42(54)46-35-13-11-9-7-8-10-12-29-25-44(29,41(53)48-60(55,56)33-19-20-33)47-38(51)37-24-32(26-50(37)40(35)52)58-39-34-21-16-30(49(4)5)22-28(34)23-36(45-39)27-14-17-31(57-6)18-15-27/h10,12,14-18,21-23,29,32-33,35,37H,7-9,11,13,19-20,24-26H2,1-6H3,(H,46,54)(H,47,51)(H,48,53)/b12-10-/t29-,32-,35+,37+,44-/m1/s1. The second-order valence-corrected chi connectivity index (χ2v) is 19.5. The van der Waals surface area contributed by atoms with Crippen molar-refractivity contribution in [3.8, 4) is 22.9 Å². The van der Waals surface area contributed by atoms with E-state index in [1.807, 2.05) is 79.7 Å². The summed E-state index contributed by atoms with van der Waals surface area (Å²) < 4.78 is 45.8. The molecule has 15 nitrogen and oxygen atoms in total. The number of benzene rings is 2. The van der Waals surface area contributed by atoms with Gasteiger partial charge >= 0.3 is 6.09 Å². The summed E-state index contributed by atoms with van der Waals surface area (Å²) in [5, 5.41) is 6.63. The first-order valence-electron chi connectivity index (χ1n) is 20.7. The summed E-state index contributed by atoms with van der Waals surface area (Å²) in [6, 6.07) is 13.2. The van der Waals surface area contributed by atoms with Gasteiger partial charge in [-0.2, -0.15) is 0 Å². The third-order valence-electron chi connectivity index (χ3n) is 11.5. The van der Waals surface area contributed by atoms with Crippen LogP contribution in [0, 0.1) is 5.92 Å². The number of fused-ring (bicyclic) bond motifs is 3. The lowest BCUT2D eigenvalue weighted by Gasteiger charge is -2.30. The number of alkyl carbamates (subject to hydrolysis) is 1. The normalized spacial score (nSPS) is 25.4.